The topological polar surface area (TPSA) is 117 Å². The predicted octanol–water partition coefficient (Wildman–Crippen LogP) is 2.27. The molecule has 0 saturated carbocycles. The molecule has 1 rings (SSSR count). The largest absolute Gasteiger partial charge is 0.493 e. The molecule has 0 aliphatic rings. The third kappa shape index (κ3) is 6.15. The van der Waals surface area contributed by atoms with Crippen LogP contribution in [0.2, 0.25) is 5.02 Å². The average molecular weight is 373 g/mol. The van der Waals surface area contributed by atoms with Gasteiger partial charge in [0, 0.05) is 0 Å². The Hall–Kier alpha value is -2.48. The van der Waals surface area contributed by atoms with Gasteiger partial charge in [0.25, 0.3) is 5.91 Å². The number of primary amides is 1. The molecular formula is C16H21ClN2O6. The molecule has 0 aromatic heterocycles. The number of hydrogen-bond donors (Lipinski definition) is 2. The van der Waals surface area contributed by atoms with Crippen LogP contribution >= 0.6 is 11.6 Å². The van der Waals surface area contributed by atoms with Crippen LogP contribution in [-0.2, 0) is 9.53 Å². The average Bonchev–Trinajstić information content (AvgIpc) is 2.55. The molecular weight excluding hydrogens is 352 g/mol. The predicted molar refractivity (Wildman–Crippen MR) is 91.0 cm³/mol. The number of esters is 1. The SMILES string of the molecule is CCCCOc1c(Cl)cc(C(=O)O[C@H](C)C(=O)NC(N)=O)cc1OC. The summed E-state index contributed by atoms with van der Waals surface area (Å²) in [4.78, 5) is 34.4. The van der Waals surface area contributed by atoms with Crippen LogP contribution in [0.1, 0.15) is 37.0 Å². The number of unbranched alkanes of at least 4 members (excludes halogenated alkanes) is 1. The lowest BCUT2D eigenvalue weighted by Crippen LogP contribution is -2.42. The van der Waals surface area contributed by atoms with Gasteiger partial charge in [0.2, 0.25) is 0 Å². The third-order valence-electron chi connectivity index (χ3n) is 3.11. The highest BCUT2D eigenvalue weighted by molar-refractivity contribution is 6.32. The molecule has 0 bridgehead atoms. The van der Waals surface area contributed by atoms with E-state index in [0.29, 0.717) is 12.4 Å². The molecule has 1 atom stereocenters. The Labute approximate surface area is 150 Å². The van der Waals surface area contributed by atoms with E-state index in [9.17, 15) is 14.4 Å². The highest BCUT2D eigenvalue weighted by Crippen LogP contribution is 2.36. The minimum atomic E-state index is -1.22. The standard InChI is InChI=1S/C16H21ClN2O6/c1-4-5-6-24-13-11(17)7-10(8-12(13)23-3)15(21)25-9(2)14(20)19-16(18)22/h7-9H,4-6H2,1-3H3,(H3,18,19,20,22)/t9-/m1/s1. The fraction of sp³-hybridized carbons (Fsp3) is 0.438. The second-order valence-electron chi connectivity index (χ2n) is 5.09. The number of carbonyl (C=O) groups is 3. The number of nitrogens with two attached hydrogens (primary N) is 1. The Kier molecular flexibility index (Phi) is 8.00. The van der Waals surface area contributed by atoms with Crippen LogP contribution in [-0.4, -0.2) is 37.7 Å². The zero-order chi connectivity index (χ0) is 19.0. The molecule has 0 aliphatic heterocycles. The molecule has 8 nitrogen and oxygen atoms in total. The highest BCUT2D eigenvalue weighted by Gasteiger charge is 2.22. The quantitative estimate of drug-likeness (QED) is 0.534. The third-order valence-corrected chi connectivity index (χ3v) is 3.39. The molecule has 1 aromatic carbocycles. The van der Waals surface area contributed by atoms with Crippen molar-refractivity contribution in [3.8, 4) is 11.5 Å². The Bertz CT molecular complexity index is 650. The number of ether oxygens (including phenoxy) is 3. The van der Waals surface area contributed by atoms with Crippen molar-refractivity contribution in [1.82, 2.24) is 5.32 Å². The zero-order valence-electron chi connectivity index (χ0n) is 14.3. The van der Waals surface area contributed by atoms with Gasteiger partial charge in [-0.05, 0) is 25.5 Å². The lowest BCUT2D eigenvalue weighted by atomic mass is 10.2. The van der Waals surface area contributed by atoms with Crippen molar-refractivity contribution in [1.29, 1.82) is 0 Å². The summed E-state index contributed by atoms with van der Waals surface area (Å²) in [6, 6.07) is 1.71. The highest BCUT2D eigenvalue weighted by atomic mass is 35.5. The number of hydrogen-bond acceptors (Lipinski definition) is 6. The normalized spacial score (nSPS) is 11.4. The van der Waals surface area contributed by atoms with Crippen molar-refractivity contribution in [2.24, 2.45) is 5.73 Å². The molecule has 0 saturated heterocycles. The number of halogens is 1. The van der Waals surface area contributed by atoms with Crippen LogP contribution < -0.4 is 20.5 Å². The van der Waals surface area contributed by atoms with E-state index in [1.807, 2.05) is 12.2 Å². The van der Waals surface area contributed by atoms with E-state index in [1.54, 1.807) is 0 Å². The molecule has 0 aliphatic carbocycles. The zero-order valence-corrected chi connectivity index (χ0v) is 15.0. The first kappa shape index (κ1) is 20.6. The molecule has 3 N–H and O–H groups in total. The van der Waals surface area contributed by atoms with E-state index in [0.717, 1.165) is 12.8 Å². The monoisotopic (exact) mass is 372 g/mol. The van der Waals surface area contributed by atoms with Crippen LogP contribution in [0.4, 0.5) is 4.79 Å². The summed E-state index contributed by atoms with van der Waals surface area (Å²) in [5.41, 5.74) is 4.91. The van der Waals surface area contributed by atoms with E-state index in [4.69, 9.17) is 31.5 Å². The Morgan fingerprint density at radius 1 is 1.32 bits per heavy atom. The smallest absolute Gasteiger partial charge is 0.339 e. The van der Waals surface area contributed by atoms with E-state index in [-0.39, 0.29) is 16.3 Å². The summed E-state index contributed by atoms with van der Waals surface area (Å²) in [6.45, 7) is 3.79. The number of nitrogens with one attached hydrogen (secondary N) is 1. The molecule has 138 valence electrons. The summed E-state index contributed by atoms with van der Waals surface area (Å²) >= 11 is 6.15. The molecule has 1 aromatic rings. The van der Waals surface area contributed by atoms with Gasteiger partial charge in [-0.2, -0.15) is 0 Å². The Balaban J connectivity index is 2.90. The first-order chi connectivity index (χ1) is 11.8. The lowest BCUT2D eigenvalue weighted by Gasteiger charge is -2.15. The number of imide groups is 1. The number of amides is 3. The van der Waals surface area contributed by atoms with Gasteiger partial charge < -0.3 is 19.9 Å². The van der Waals surface area contributed by atoms with E-state index < -0.39 is 24.0 Å². The minimum Gasteiger partial charge on any atom is -0.493 e. The summed E-state index contributed by atoms with van der Waals surface area (Å²) in [7, 11) is 1.41. The maximum absolute atomic E-state index is 12.2. The number of methoxy groups -OCH3 is 1. The number of carbonyl (C=O) groups excluding carboxylic acids is 3. The van der Waals surface area contributed by atoms with Crippen molar-refractivity contribution < 1.29 is 28.6 Å². The van der Waals surface area contributed by atoms with Gasteiger partial charge in [-0.25, -0.2) is 9.59 Å². The molecule has 0 radical (unpaired) electrons. The van der Waals surface area contributed by atoms with Crippen LogP contribution in [0.5, 0.6) is 11.5 Å². The minimum absolute atomic E-state index is 0.0726. The van der Waals surface area contributed by atoms with Gasteiger partial charge >= 0.3 is 12.0 Å². The first-order valence-electron chi connectivity index (χ1n) is 7.61. The maximum atomic E-state index is 12.2. The number of rotatable bonds is 8. The molecule has 25 heavy (non-hydrogen) atoms. The summed E-state index contributed by atoms with van der Waals surface area (Å²) in [5, 5.41) is 2.00. The van der Waals surface area contributed by atoms with Gasteiger partial charge in [-0.15, -0.1) is 0 Å². The Morgan fingerprint density at radius 3 is 2.56 bits per heavy atom. The molecule has 0 spiro atoms. The number of benzene rings is 1. The van der Waals surface area contributed by atoms with Crippen LogP contribution in [0.3, 0.4) is 0 Å². The van der Waals surface area contributed by atoms with Gasteiger partial charge in [0.15, 0.2) is 17.6 Å². The molecule has 0 heterocycles. The van der Waals surface area contributed by atoms with E-state index in [2.05, 4.69) is 0 Å². The summed E-state index contributed by atoms with van der Waals surface area (Å²) < 4.78 is 15.7. The second kappa shape index (κ2) is 9.73. The van der Waals surface area contributed by atoms with Crippen LogP contribution in [0, 0.1) is 0 Å². The molecule has 0 unspecified atom stereocenters. The molecule has 9 heteroatoms. The molecule has 0 fully saturated rings. The van der Waals surface area contributed by atoms with Crippen LogP contribution in [0.25, 0.3) is 0 Å². The summed E-state index contributed by atoms with van der Waals surface area (Å²) in [6.07, 6.45) is 0.580. The Morgan fingerprint density at radius 2 is 2.00 bits per heavy atom. The van der Waals surface area contributed by atoms with Crippen molar-refractivity contribution >= 4 is 29.5 Å². The summed E-state index contributed by atoms with van der Waals surface area (Å²) in [5.74, 6) is -1.05. The van der Waals surface area contributed by atoms with Gasteiger partial charge in [-0.1, -0.05) is 24.9 Å². The van der Waals surface area contributed by atoms with Gasteiger partial charge in [0.05, 0.1) is 24.3 Å². The lowest BCUT2D eigenvalue weighted by molar-refractivity contribution is -0.127. The first-order valence-corrected chi connectivity index (χ1v) is 7.99. The fourth-order valence-corrected chi connectivity index (χ4v) is 2.07. The maximum Gasteiger partial charge on any atom is 0.339 e. The van der Waals surface area contributed by atoms with Crippen molar-refractivity contribution in [3.63, 3.8) is 0 Å². The van der Waals surface area contributed by atoms with Crippen molar-refractivity contribution in [2.75, 3.05) is 13.7 Å². The van der Waals surface area contributed by atoms with E-state index >= 15 is 0 Å². The van der Waals surface area contributed by atoms with Crippen LogP contribution in [0.15, 0.2) is 12.1 Å². The van der Waals surface area contributed by atoms with Gasteiger partial charge in [-0.3, -0.25) is 10.1 Å². The van der Waals surface area contributed by atoms with E-state index in [1.165, 1.54) is 26.2 Å². The van der Waals surface area contributed by atoms with Gasteiger partial charge in [0.1, 0.15) is 0 Å². The van der Waals surface area contributed by atoms with Crippen molar-refractivity contribution in [2.45, 2.75) is 32.8 Å². The number of urea groups is 1. The fourth-order valence-electron chi connectivity index (χ4n) is 1.80. The molecule has 3 amide bonds. The van der Waals surface area contributed by atoms with Crippen molar-refractivity contribution in [3.05, 3.63) is 22.7 Å². The second-order valence-corrected chi connectivity index (χ2v) is 5.50.